The molecular formula is C25H26N2O4. The summed E-state index contributed by atoms with van der Waals surface area (Å²) in [4.78, 5) is 44.8. The van der Waals surface area contributed by atoms with Gasteiger partial charge in [0.05, 0.1) is 36.0 Å². The molecule has 1 amide bonds. The number of anilines is 1. The van der Waals surface area contributed by atoms with Crippen molar-refractivity contribution in [2.24, 2.45) is 16.3 Å². The Hall–Kier alpha value is -3.28. The van der Waals surface area contributed by atoms with Crippen molar-refractivity contribution in [3.8, 4) is 0 Å². The minimum Gasteiger partial charge on any atom is -0.465 e. The van der Waals surface area contributed by atoms with Crippen molar-refractivity contribution in [3.63, 3.8) is 0 Å². The molecule has 2 aromatic rings. The van der Waals surface area contributed by atoms with E-state index in [1.54, 1.807) is 29.2 Å². The van der Waals surface area contributed by atoms with E-state index in [2.05, 4.69) is 13.8 Å². The molecule has 1 saturated carbocycles. The number of amides is 1. The average Bonchev–Trinajstić information content (AvgIpc) is 2.86. The van der Waals surface area contributed by atoms with Crippen LogP contribution >= 0.6 is 0 Å². The second-order valence-electron chi connectivity index (χ2n) is 9.00. The predicted octanol–water partition coefficient (Wildman–Crippen LogP) is 4.66. The van der Waals surface area contributed by atoms with E-state index in [4.69, 9.17) is 9.73 Å². The number of para-hydroxylation sites is 2. The molecule has 0 aromatic heterocycles. The maximum atomic E-state index is 13.4. The third-order valence-corrected chi connectivity index (χ3v) is 6.03. The largest absolute Gasteiger partial charge is 0.465 e. The first kappa shape index (κ1) is 21.0. The number of carbonyl (C=O) groups excluding carboxylic acids is 3. The molecule has 2 aromatic carbocycles. The van der Waals surface area contributed by atoms with Crippen molar-refractivity contribution < 1.29 is 19.1 Å². The Bertz CT molecular complexity index is 1080. The number of Topliss-reactive ketones (excluding diaryl/α,β-unsaturated/α-hetero) is 1. The third kappa shape index (κ3) is 3.78. The second kappa shape index (κ2) is 7.76. The van der Waals surface area contributed by atoms with Gasteiger partial charge >= 0.3 is 5.97 Å². The van der Waals surface area contributed by atoms with Crippen LogP contribution in [-0.4, -0.2) is 30.5 Å². The molecule has 0 bridgehead atoms. The second-order valence-corrected chi connectivity index (χ2v) is 9.00. The van der Waals surface area contributed by atoms with E-state index in [0.29, 0.717) is 29.8 Å². The molecule has 0 radical (unpaired) electrons. The van der Waals surface area contributed by atoms with Gasteiger partial charge in [-0.2, -0.15) is 0 Å². The number of hydrogen-bond acceptors (Lipinski definition) is 5. The fourth-order valence-corrected chi connectivity index (χ4v) is 4.75. The maximum absolute atomic E-state index is 13.4. The van der Waals surface area contributed by atoms with Gasteiger partial charge in [0.2, 0.25) is 5.91 Å². The molecule has 2 aliphatic rings. The van der Waals surface area contributed by atoms with Gasteiger partial charge in [0, 0.05) is 19.1 Å². The van der Waals surface area contributed by atoms with Crippen LogP contribution in [0.2, 0.25) is 0 Å². The summed E-state index contributed by atoms with van der Waals surface area (Å²) in [5.74, 6) is -1.05. The van der Waals surface area contributed by atoms with Crippen LogP contribution < -0.4 is 4.90 Å². The molecule has 31 heavy (non-hydrogen) atoms. The Kier molecular flexibility index (Phi) is 5.25. The summed E-state index contributed by atoms with van der Waals surface area (Å²) in [6, 6.07) is 13.9. The van der Waals surface area contributed by atoms with E-state index >= 15 is 0 Å². The predicted molar refractivity (Wildman–Crippen MR) is 119 cm³/mol. The van der Waals surface area contributed by atoms with E-state index in [1.165, 1.54) is 14.0 Å². The van der Waals surface area contributed by atoms with Gasteiger partial charge in [-0.25, -0.2) is 4.79 Å². The van der Waals surface area contributed by atoms with Crippen LogP contribution in [0.15, 0.2) is 53.5 Å². The highest BCUT2D eigenvalue weighted by Gasteiger charge is 2.47. The molecule has 160 valence electrons. The van der Waals surface area contributed by atoms with E-state index in [-0.39, 0.29) is 17.1 Å². The molecule has 1 unspecified atom stereocenters. The lowest BCUT2D eigenvalue weighted by molar-refractivity contribution is -0.124. The summed E-state index contributed by atoms with van der Waals surface area (Å²) in [5, 5.41) is 0. The van der Waals surface area contributed by atoms with Gasteiger partial charge < -0.3 is 9.64 Å². The quantitative estimate of drug-likeness (QED) is 0.665. The Morgan fingerprint density at radius 3 is 2.39 bits per heavy atom. The van der Waals surface area contributed by atoms with Crippen LogP contribution in [-0.2, 0) is 14.3 Å². The summed E-state index contributed by atoms with van der Waals surface area (Å²) < 4.78 is 4.80. The van der Waals surface area contributed by atoms with Crippen LogP contribution in [0.3, 0.4) is 0 Å². The molecule has 1 heterocycles. The van der Waals surface area contributed by atoms with Crippen molar-refractivity contribution in [2.45, 2.75) is 39.7 Å². The molecule has 2 atom stereocenters. The van der Waals surface area contributed by atoms with E-state index < -0.39 is 17.9 Å². The summed E-state index contributed by atoms with van der Waals surface area (Å²) >= 11 is 0. The zero-order chi connectivity index (χ0) is 22.3. The van der Waals surface area contributed by atoms with Gasteiger partial charge in [-0.15, -0.1) is 0 Å². The normalized spacial score (nSPS) is 22.0. The van der Waals surface area contributed by atoms with E-state index in [1.807, 2.05) is 24.3 Å². The van der Waals surface area contributed by atoms with Gasteiger partial charge in [-0.05, 0) is 41.7 Å². The standard InChI is InChI=1S/C25H26N2O4/c1-15(28)27-20-8-6-5-7-18(20)26-19-13-25(2,3)14-21(29)22(19)23(27)16-9-11-17(12-10-16)24(30)31-4/h5-12,22-23H,13-14H2,1-4H3/t22?,23-/m0/s1. The molecule has 0 spiro atoms. The number of ketones is 1. The number of carbonyl (C=O) groups is 3. The minimum absolute atomic E-state index is 0.0797. The first-order chi connectivity index (χ1) is 14.7. The highest BCUT2D eigenvalue weighted by Crippen LogP contribution is 2.48. The molecule has 6 nitrogen and oxygen atoms in total. The number of methoxy groups -OCH3 is 1. The summed E-state index contributed by atoms with van der Waals surface area (Å²) in [6.07, 6.45) is 1.11. The monoisotopic (exact) mass is 418 g/mol. The first-order valence-electron chi connectivity index (χ1n) is 10.4. The van der Waals surface area contributed by atoms with Crippen LogP contribution in [0.1, 0.15) is 55.6 Å². The van der Waals surface area contributed by atoms with Crippen molar-refractivity contribution in [2.75, 3.05) is 12.0 Å². The smallest absolute Gasteiger partial charge is 0.337 e. The van der Waals surface area contributed by atoms with Crippen molar-refractivity contribution >= 4 is 34.7 Å². The van der Waals surface area contributed by atoms with Gasteiger partial charge in [0.25, 0.3) is 0 Å². The number of hydrogen-bond donors (Lipinski definition) is 0. The average molecular weight is 418 g/mol. The Morgan fingerprint density at radius 2 is 1.74 bits per heavy atom. The van der Waals surface area contributed by atoms with E-state index in [9.17, 15) is 14.4 Å². The fraction of sp³-hybridized carbons (Fsp3) is 0.360. The summed E-state index contributed by atoms with van der Waals surface area (Å²) in [7, 11) is 1.33. The SMILES string of the molecule is COC(=O)c1ccc([C@H]2C3C(=O)CC(C)(C)CC3=Nc3ccccc3N2C(C)=O)cc1. The molecule has 1 fully saturated rings. The highest BCUT2D eigenvalue weighted by molar-refractivity contribution is 6.12. The zero-order valence-corrected chi connectivity index (χ0v) is 18.2. The zero-order valence-electron chi connectivity index (χ0n) is 18.2. The first-order valence-corrected chi connectivity index (χ1v) is 10.4. The number of ether oxygens (including phenoxy) is 1. The lowest BCUT2D eigenvalue weighted by atomic mass is 9.68. The van der Waals surface area contributed by atoms with Crippen molar-refractivity contribution in [1.82, 2.24) is 0 Å². The van der Waals surface area contributed by atoms with Gasteiger partial charge in [0.15, 0.2) is 0 Å². The van der Waals surface area contributed by atoms with Gasteiger partial charge in [0.1, 0.15) is 5.78 Å². The molecule has 0 saturated heterocycles. The number of fused-ring (bicyclic) bond motifs is 2. The Labute approximate surface area is 181 Å². The minimum atomic E-state index is -0.534. The lowest BCUT2D eigenvalue weighted by Gasteiger charge is -2.40. The number of aliphatic imine (C=N–C) groups is 1. The number of esters is 1. The Balaban J connectivity index is 1.92. The van der Waals surface area contributed by atoms with E-state index in [0.717, 1.165) is 11.3 Å². The summed E-state index contributed by atoms with van der Waals surface area (Å²) in [6.45, 7) is 5.65. The molecule has 0 N–H and O–H groups in total. The maximum Gasteiger partial charge on any atom is 0.337 e. The lowest BCUT2D eigenvalue weighted by Crippen LogP contribution is -2.46. The Morgan fingerprint density at radius 1 is 1.06 bits per heavy atom. The topological polar surface area (TPSA) is 76.0 Å². The third-order valence-electron chi connectivity index (χ3n) is 6.03. The molecular weight excluding hydrogens is 392 g/mol. The van der Waals surface area contributed by atoms with Gasteiger partial charge in [-0.3, -0.25) is 14.6 Å². The number of benzene rings is 2. The molecule has 6 heteroatoms. The number of rotatable bonds is 2. The van der Waals surface area contributed by atoms with Crippen molar-refractivity contribution in [3.05, 3.63) is 59.7 Å². The fourth-order valence-electron chi connectivity index (χ4n) is 4.75. The molecule has 4 rings (SSSR count). The summed E-state index contributed by atoms with van der Waals surface area (Å²) in [5.41, 5.74) is 3.19. The molecule has 1 aliphatic heterocycles. The number of nitrogens with zero attached hydrogens (tertiary/aromatic N) is 2. The highest BCUT2D eigenvalue weighted by atomic mass is 16.5. The van der Waals surface area contributed by atoms with Crippen LogP contribution in [0, 0.1) is 11.3 Å². The van der Waals surface area contributed by atoms with Crippen molar-refractivity contribution in [1.29, 1.82) is 0 Å². The van der Waals surface area contributed by atoms with Crippen LogP contribution in [0.25, 0.3) is 0 Å². The van der Waals surface area contributed by atoms with Crippen LogP contribution in [0.4, 0.5) is 11.4 Å². The molecule has 1 aliphatic carbocycles. The van der Waals surface area contributed by atoms with Crippen LogP contribution in [0.5, 0.6) is 0 Å². The van der Waals surface area contributed by atoms with Gasteiger partial charge in [-0.1, -0.05) is 38.1 Å².